The summed E-state index contributed by atoms with van der Waals surface area (Å²) in [4.78, 5) is 28.9. The van der Waals surface area contributed by atoms with Crippen LogP contribution in [-0.4, -0.2) is 29.3 Å². The number of nitrogens with zero attached hydrogens (tertiary/aromatic N) is 1. The molecule has 3 rings (SSSR count). The number of rotatable bonds is 11. The first-order valence-corrected chi connectivity index (χ1v) is 13.1. The largest absolute Gasteiger partial charge is 0.354 e. The molecule has 0 saturated heterocycles. The molecular formula is C29H32BrClN2O2. The Balaban J connectivity index is 1.91. The Morgan fingerprint density at radius 2 is 1.63 bits per heavy atom. The maximum absolute atomic E-state index is 13.7. The quantitative estimate of drug-likeness (QED) is 0.296. The number of carbonyl (C=O) groups is 2. The van der Waals surface area contributed by atoms with Gasteiger partial charge in [0.1, 0.15) is 6.04 Å². The average molecular weight is 556 g/mol. The summed E-state index contributed by atoms with van der Waals surface area (Å²) in [5, 5.41) is 3.70. The van der Waals surface area contributed by atoms with Crippen LogP contribution in [0.5, 0.6) is 0 Å². The van der Waals surface area contributed by atoms with E-state index in [1.165, 1.54) is 0 Å². The number of benzene rings is 3. The van der Waals surface area contributed by atoms with E-state index in [0.717, 1.165) is 21.2 Å². The van der Waals surface area contributed by atoms with Gasteiger partial charge < -0.3 is 10.2 Å². The highest BCUT2D eigenvalue weighted by atomic mass is 79.9. The Bertz CT molecular complexity index is 1120. The van der Waals surface area contributed by atoms with Crippen molar-refractivity contribution in [3.63, 3.8) is 0 Å². The normalized spacial score (nSPS) is 11.8. The molecule has 0 aliphatic carbocycles. The summed E-state index contributed by atoms with van der Waals surface area (Å²) in [7, 11) is 0. The molecule has 35 heavy (non-hydrogen) atoms. The summed E-state index contributed by atoms with van der Waals surface area (Å²) in [5.41, 5.74) is 2.89. The van der Waals surface area contributed by atoms with Gasteiger partial charge in [-0.15, -0.1) is 0 Å². The molecule has 184 valence electrons. The van der Waals surface area contributed by atoms with Crippen LogP contribution in [0.25, 0.3) is 0 Å². The van der Waals surface area contributed by atoms with Crippen molar-refractivity contribution in [2.75, 3.05) is 6.54 Å². The zero-order chi connectivity index (χ0) is 25.2. The van der Waals surface area contributed by atoms with Gasteiger partial charge in [0.2, 0.25) is 11.8 Å². The van der Waals surface area contributed by atoms with E-state index in [9.17, 15) is 9.59 Å². The molecule has 4 nitrogen and oxygen atoms in total. The van der Waals surface area contributed by atoms with E-state index in [-0.39, 0.29) is 18.2 Å². The second-order valence-electron chi connectivity index (χ2n) is 9.09. The molecule has 0 radical (unpaired) electrons. The zero-order valence-corrected chi connectivity index (χ0v) is 22.6. The van der Waals surface area contributed by atoms with Gasteiger partial charge >= 0.3 is 0 Å². The van der Waals surface area contributed by atoms with Crippen molar-refractivity contribution in [2.45, 2.75) is 45.7 Å². The van der Waals surface area contributed by atoms with Gasteiger partial charge in [0.15, 0.2) is 0 Å². The fourth-order valence-corrected chi connectivity index (χ4v) is 4.57. The van der Waals surface area contributed by atoms with Crippen molar-refractivity contribution in [1.29, 1.82) is 0 Å². The number of hydrogen-bond donors (Lipinski definition) is 1. The van der Waals surface area contributed by atoms with Crippen LogP contribution in [0.15, 0.2) is 83.3 Å². The number of amides is 2. The molecule has 3 aromatic carbocycles. The predicted octanol–water partition coefficient (Wildman–Crippen LogP) is 6.45. The molecule has 0 bridgehead atoms. The van der Waals surface area contributed by atoms with E-state index in [1.54, 1.807) is 4.90 Å². The Hall–Kier alpha value is -2.63. The molecule has 0 aliphatic rings. The first kappa shape index (κ1) is 27.0. The van der Waals surface area contributed by atoms with Gasteiger partial charge in [-0.25, -0.2) is 0 Å². The van der Waals surface area contributed by atoms with Crippen LogP contribution in [0.4, 0.5) is 0 Å². The zero-order valence-electron chi connectivity index (χ0n) is 20.2. The van der Waals surface area contributed by atoms with E-state index >= 15 is 0 Å². The monoisotopic (exact) mass is 554 g/mol. The van der Waals surface area contributed by atoms with Gasteiger partial charge in [-0.3, -0.25) is 9.59 Å². The van der Waals surface area contributed by atoms with Crippen molar-refractivity contribution in [3.05, 3.63) is 105 Å². The smallest absolute Gasteiger partial charge is 0.243 e. The first-order chi connectivity index (χ1) is 16.8. The third-order valence-electron chi connectivity index (χ3n) is 5.76. The van der Waals surface area contributed by atoms with Crippen molar-refractivity contribution >= 4 is 39.3 Å². The van der Waals surface area contributed by atoms with E-state index < -0.39 is 6.04 Å². The second kappa shape index (κ2) is 13.5. The summed E-state index contributed by atoms with van der Waals surface area (Å²) in [6.07, 6.45) is 1.22. The molecule has 0 spiro atoms. The fraction of sp³-hybridized carbons (Fsp3) is 0.310. The number of carbonyl (C=O) groups excluding carboxylic acids is 2. The van der Waals surface area contributed by atoms with Crippen LogP contribution in [0, 0.1) is 5.92 Å². The highest BCUT2D eigenvalue weighted by molar-refractivity contribution is 9.10. The SMILES string of the molecule is CC(C)CNC(=O)C(Cc1ccccc1)N(Cc1cccc(Br)c1)C(=O)CCc1ccccc1Cl. The minimum Gasteiger partial charge on any atom is -0.354 e. The van der Waals surface area contributed by atoms with Crippen molar-refractivity contribution < 1.29 is 9.59 Å². The fourth-order valence-electron chi connectivity index (χ4n) is 3.89. The first-order valence-electron chi connectivity index (χ1n) is 11.9. The van der Waals surface area contributed by atoms with Crippen LogP contribution >= 0.6 is 27.5 Å². The van der Waals surface area contributed by atoms with E-state index in [2.05, 4.69) is 35.1 Å². The Kier molecular flexibility index (Phi) is 10.4. The highest BCUT2D eigenvalue weighted by Crippen LogP contribution is 2.21. The van der Waals surface area contributed by atoms with Crippen molar-refractivity contribution in [2.24, 2.45) is 5.92 Å². The Morgan fingerprint density at radius 3 is 2.31 bits per heavy atom. The lowest BCUT2D eigenvalue weighted by Crippen LogP contribution is -2.51. The molecule has 0 saturated carbocycles. The minimum absolute atomic E-state index is 0.0782. The molecule has 0 aromatic heterocycles. The topological polar surface area (TPSA) is 49.4 Å². The maximum atomic E-state index is 13.7. The van der Waals surface area contributed by atoms with E-state index in [0.29, 0.717) is 36.9 Å². The summed E-state index contributed by atoms with van der Waals surface area (Å²) in [5.74, 6) is 0.0972. The van der Waals surface area contributed by atoms with Gasteiger partial charge in [-0.2, -0.15) is 0 Å². The summed E-state index contributed by atoms with van der Waals surface area (Å²) in [6.45, 7) is 5.01. The summed E-state index contributed by atoms with van der Waals surface area (Å²) < 4.78 is 0.933. The van der Waals surface area contributed by atoms with Crippen LogP contribution in [0.1, 0.15) is 37.0 Å². The van der Waals surface area contributed by atoms with Gasteiger partial charge in [-0.05, 0) is 47.2 Å². The van der Waals surface area contributed by atoms with Crippen molar-refractivity contribution in [3.8, 4) is 0 Å². The van der Waals surface area contributed by atoms with E-state index in [1.807, 2.05) is 78.9 Å². The summed E-state index contributed by atoms with van der Waals surface area (Å²) >= 11 is 9.85. The molecule has 1 unspecified atom stereocenters. The van der Waals surface area contributed by atoms with Gasteiger partial charge in [0.25, 0.3) is 0 Å². The molecule has 6 heteroatoms. The van der Waals surface area contributed by atoms with E-state index in [4.69, 9.17) is 11.6 Å². The lowest BCUT2D eigenvalue weighted by atomic mass is 10.0. The van der Waals surface area contributed by atoms with Crippen LogP contribution in [0.3, 0.4) is 0 Å². The molecule has 2 amide bonds. The van der Waals surface area contributed by atoms with Gasteiger partial charge in [0, 0.05) is 35.4 Å². The Morgan fingerprint density at radius 1 is 0.943 bits per heavy atom. The van der Waals surface area contributed by atoms with Crippen LogP contribution in [0.2, 0.25) is 5.02 Å². The Labute approximate surface area is 221 Å². The third kappa shape index (κ3) is 8.52. The molecule has 3 aromatic rings. The molecule has 0 heterocycles. The van der Waals surface area contributed by atoms with Gasteiger partial charge in [0.05, 0.1) is 0 Å². The molecule has 0 fully saturated rings. The number of nitrogens with one attached hydrogen (secondary N) is 1. The highest BCUT2D eigenvalue weighted by Gasteiger charge is 2.30. The standard InChI is InChI=1S/C29H32BrClN2O2/c1-21(2)19-32-29(35)27(18-22-9-4-3-5-10-22)33(20-23-11-8-13-25(30)17-23)28(34)16-15-24-12-6-7-14-26(24)31/h3-14,17,21,27H,15-16,18-20H2,1-2H3,(H,32,35). The average Bonchev–Trinajstić information content (AvgIpc) is 2.84. The molecular weight excluding hydrogens is 524 g/mol. The molecule has 1 N–H and O–H groups in total. The van der Waals surface area contributed by atoms with Crippen molar-refractivity contribution in [1.82, 2.24) is 10.2 Å². The molecule has 1 atom stereocenters. The lowest BCUT2D eigenvalue weighted by Gasteiger charge is -2.32. The molecule has 0 aliphatic heterocycles. The minimum atomic E-state index is -0.631. The van der Waals surface area contributed by atoms with Gasteiger partial charge in [-0.1, -0.05) is 102 Å². The predicted molar refractivity (Wildman–Crippen MR) is 146 cm³/mol. The lowest BCUT2D eigenvalue weighted by molar-refractivity contribution is -0.141. The van der Waals surface area contributed by atoms with Crippen LogP contribution < -0.4 is 5.32 Å². The number of halogens is 2. The second-order valence-corrected chi connectivity index (χ2v) is 10.4. The number of hydrogen-bond acceptors (Lipinski definition) is 2. The number of aryl methyl sites for hydroxylation is 1. The maximum Gasteiger partial charge on any atom is 0.243 e. The third-order valence-corrected chi connectivity index (χ3v) is 6.63. The summed E-state index contributed by atoms with van der Waals surface area (Å²) in [6, 6.07) is 24.6. The van der Waals surface area contributed by atoms with Crippen LogP contribution in [-0.2, 0) is 29.0 Å².